The average Bonchev–Trinajstić information content (AvgIpc) is 2.55. The van der Waals surface area contributed by atoms with Crippen molar-refractivity contribution in [3.8, 4) is 0 Å². The summed E-state index contributed by atoms with van der Waals surface area (Å²) in [7, 11) is 0. The number of anilines is 2. The summed E-state index contributed by atoms with van der Waals surface area (Å²) < 4.78 is 0. The third-order valence-electron chi connectivity index (χ3n) is 3.46. The highest BCUT2D eigenvalue weighted by atomic mass is 16.2. The summed E-state index contributed by atoms with van der Waals surface area (Å²) in [6, 6.07) is 16.1. The van der Waals surface area contributed by atoms with Crippen LogP contribution >= 0.6 is 0 Å². The molecule has 0 saturated heterocycles. The van der Waals surface area contributed by atoms with E-state index in [9.17, 15) is 14.4 Å². The zero-order valence-electron chi connectivity index (χ0n) is 14.2. The van der Waals surface area contributed by atoms with Crippen molar-refractivity contribution >= 4 is 29.1 Å². The lowest BCUT2D eigenvalue weighted by atomic mass is 10.1. The van der Waals surface area contributed by atoms with Gasteiger partial charge in [-0.2, -0.15) is 0 Å². The van der Waals surface area contributed by atoms with Gasteiger partial charge in [-0.05, 0) is 30.7 Å². The molecule has 2 aromatic carbocycles. The maximum absolute atomic E-state index is 12.0. The normalized spacial score (nSPS) is 11.3. The van der Waals surface area contributed by atoms with E-state index in [0.29, 0.717) is 11.4 Å². The van der Waals surface area contributed by atoms with E-state index in [1.807, 2.05) is 37.3 Å². The largest absolute Gasteiger partial charge is 0.349 e. The third kappa shape index (κ3) is 6.10. The van der Waals surface area contributed by atoms with Gasteiger partial charge in [0.25, 0.3) is 0 Å². The maximum Gasteiger partial charge on any atom is 0.233 e. The monoisotopic (exact) mass is 339 g/mol. The lowest BCUT2D eigenvalue weighted by molar-refractivity contribution is -0.127. The zero-order valence-corrected chi connectivity index (χ0v) is 14.2. The third-order valence-corrected chi connectivity index (χ3v) is 3.46. The highest BCUT2D eigenvalue weighted by Crippen LogP contribution is 2.15. The topological polar surface area (TPSA) is 87.3 Å². The van der Waals surface area contributed by atoms with Crippen molar-refractivity contribution in [3.63, 3.8) is 0 Å². The first-order valence-corrected chi connectivity index (χ1v) is 7.96. The van der Waals surface area contributed by atoms with Crippen LogP contribution in [0.1, 0.15) is 31.9 Å². The summed E-state index contributed by atoms with van der Waals surface area (Å²) in [5.41, 5.74) is 2.06. The van der Waals surface area contributed by atoms with E-state index in [1.165, 1.54) is 6.92 Å². The van der Waals surface area contributed by atoms with Gasteiger partial charge < -0.3 is 16.0 Å². The Morgan fingerprint density at radius 2 is 1.52 bits per heavy atom. The van der Waals surface area contributed by atoms with Gasteiger partial charge >= 0.3 is 0 Å². The van der Waals surface area contributed by atoms with E-state index >= 15 is 0 Å². The van der Waals surface area contributed by atoms with Crippen molar-refractivity contribution in [1.29, 1.82) is 0 Å². The summed E-state index contributed by atoms with van der Waals surface area (Å²) in [5, 5.41) is 8.08. The van der Waals surface area contributed by atoms with Gasteiger partial charge in [0.15, 0.2) is 0 Å². The second kappa shape index (κ2) is 8.63. The molecule has 3 N–H and O–H groups in total. The van der Waals surface area contributed by atoms with Gasteiger partial charge in [-0.1, -0.05) is 36.4 Å². The Morgan fingerprint density at radius 1 is 0.880 bits per heavy atom. The van der Waals surface area contributed by atoms with Crippen LogP contribution in [0.5, 0.6) is 0 Å². The smallest absolute Gasteiger partial charge is 0.233 e. The molecule has 0 fully saturated rings. The van der Waals surface area contributed by atoms with Gasteiger partial charge in [-0.15, -0.1) is 0 Å². The average molecular weight is 339 g/mol. The number of hydrogen-bond donors (Lipinski definition) is 3. The van der Waals surface area contributed by atoms with Crippen molar-refractivity contribution in [2.24, 2.45) is 0 Å². The van der Waals surface area contributed by atoms with Crippen LogP contribution in [-0.4, -0.2) is 17.7 Å². The minimum atomic E-state index is -0.419. The summed E-state index contributed by atoms with van der Waals surface area (Å²) in [6.07, 6.45) is -0.276. The molecule has 0 aromatic heterocycles. The molecular formula is C19H21N3O3. The molecular weight excluding hydrogens is 318 g/mol. The number of amides is 3. The summed E-state index contributed by atoms with van der Waals surface area (Å²) in [6.45, 7) is 3.27. The molecule has 0 heterocycles. The molecule has 6 nitrogen and oxygen atoms in total. The Hall–Kier alpha value is -3.15. The first-order chi connectivity index (χ1) is 11.9. The van der Waals surface area contributed by atoms with E-state index < -0.39 is 5.91 Å². The zero-order chi connectivity index (χ0) is 18.2. The fourth-order valence-electron chi connectivity index (χ4n) is 2.35. The van der Waals surface area contributed by atoms with Crippen molar-refractivity contribution in [3.05, 3.63) is 60.2 Å². The minimum Gasteiger partial charge on any atom is -0.349 e. The summed E-state index contributed by atoms with van der Waals surface area (Å²) >= 11 is 0. The van der Waals surface area contributed by atoms with Crippen molar-refractivity contribution in [1.82, 2.24) is 5.32 Å². The van der Waals surface area contributed by atoms with Gasteiger partial charge in [0, 0.05) is 18.3 Å². The standard InChI is InChI=1S/C19H21N3O3/c1-13(15-7-4-3-5-8-15)20-18(24)12-19(25)22-17-10-6-9-16(11-17)21-14(2)23/h3-11,13H,12H2,1-2H3,(H,20,24)(H,21,23)(H,22,25). The molecule has 6 heteroatoms. The molecule has 1 atom stereocenters. The lowest BCUT2D eigenvalue weighted by Crippen LogP contribution is -2.30. The van der Waals surface area contributed by atoms with Gasteiger partial charge in [-0.25, -0.2) is 0 Å². The highest BCUT2D eigenvalue weighted by molar-refractivity contribution is 6.04. The second-order valence-electron chi connectivity index (χ2n) is 5.69. The van der Waals surface area contributed by atoms with Gasteiger partial charge in [0.05, 0.1) is 6.04 Å². The number of hydrogen-bond acceptors (Lipinski definition) is 3. The summed E-state index contributed by atoms with van der Waals surface area (Å²) in [4.78, 5) is 35.1. The molecule has 2 rings (SSSR count). The van der Waals surface area contributed by atoms with Gasteiger partial charge in [0.2, 0.25) is 17.7 Å². The molecule has 0 spiro atoms. The first kappa shape index (κ1) is 18.2. The van der Waals surface area contributed by atoms with E-state index in [0.717, 1.165) is 5.56 Å². The van der Waals surface area contributed by atoms with Crippen molar-refractivity contribution in [2.45, 2.75) is 26.3 Å². The Labute approximate surface area is 146 Å². The predicted molar refractivity (Wildman–Crippen MR) is 97.0 cm³/mol. The first-order valence-electron chi connectivity index (χ1n) is 7.96. The lowest BCUT2D eigenvalue weighted by Gasteiger charge is -2.14. The van der Waals surface area contributed by atoms with E-state index in [4.69, 9.17) is 0 Å². The number of rotatable bonds is 6. The van der Waals surface area contributed by atoms with E-state index in [1.54, 1.807) is 24.3 Å². The van der Waals surface area contributed by atoms with Crippen LogP contribution in [0.4, 0.5) is 11.4 Å². The molecule has 25 heavy (non-hydrogen) atoms. The number of carbonyl (C=O) groups excluding carboxylic acids is 3. The quantitative estimate of drug-likeness (QED) is 0.707. The summed E-state index contributed by atoms with van der Waals surface area (Å²) in [5.74, 6) is -0.970. The fourth-order valence-corrected chi connectivity index (χ4v) is 2.35. The maximum atomic E-state index is 12.0. The van der Waals surface area contributed by atoms with Crippen LogP contribution in [0.25, 0.3) is 0 Å². The van der Waals surface area contributed by atoms with E-state index in [-0.39, 0.29) is 24.3 Å². The van der Waals surface area contributed by atoms with Crippen LogP contribution in [0.15, 0.2) is 54.6 Å². The van der Waals surface area contributed by atoms with Crippen LogP contribution in [0, 0.1) is 0 Å². The number of nitrogens with one attached hydrogen (secondary N) is 3. The Kier molecular flexibility index (Phi) is 6.28. The molecule has 0 aliphatic carbocycles. The molecule has 2 aromatic rings. The molecule has 0 saturated carbocycles. The van der Waals surface area contributed by atoms with Crippen LogP contribution in [0.2, 0.25) is 0 Å². The Morgan fingerprint density at radius 3 is 2.16 bits per heavy atom. The van der Waals surface area contributed by atoms with Crippen LogP contribution in [0.3, 0.4) is 0 Å². The number of benzene rings is 2. The molecule has 0 radical (unpaired) electrons. The molecule has 0 bridgehead atoms. The van der Waals surface area contributed by atoms with E-state index in [2.05, 4.69) is 16.0 Å². The molecule has 3 amide bonds. The molecule has 130 valence electrons. The molecule has 0 aliphatic heterocycles. The van der Waals surface area contributed by atoms with Crippen LogP contribution in [-0.2, 0) is 14.4 Å². The number of carbonyl (C=O) groups is 3. The Bertz CT molecular complexity index is 760. The van der Waals surface area contributed by atoms with Crippen molar-refractivity contribution < 1.29 is 14.4 Å². The van der Waals surface area contributed by atoms with Crippen molar-refractivity contribution in [2.75, 3.05) is 10.6 Å². The minimum absolute atomic E-state index is 0.176. The van der Waals surface area contributed by atoms with Crippen LogP contribution < -0.4 is 16.0 Å². The SMILES string of the molecule is CC(=O)Nc1cccc(NC(=O)CC(=O)NC(C)c2ccccc2)c1. The second-order valence-corrected chi connectivity index (χ2v) is 5.69. The Balaban J connectivity index is 1.87. The predicted octanol–water partition coefficient (Wildman–Crippen LogP) is 2.85. The van der Waals surface area contributed by atoms with Gasteiger partial charge in [-0.3, -0.25) is 14.4 Å². The molecule has 0 aliphatic rings. The highest BCUT2D eigenvalue weighted by Gasteiger charge is 2.13. The molecule has 1 unspecified atom stereocenters. The van der Waals surface area contributed by atoms with Gasteiger partial charge in [0.1, 0.15) is 6.42 Å². The fraction of sp³-hybridized carbons (Fsp3) is 0.211.